The standard InChI is InChI=1S/C13H12N2O4S2/c16-12(15-3-4-19-9(6-15)13(17)18)8-7-21-11(14-8)10-2-1-5-20-10/h1-2,5,7,9H,3-4,6H2,(H,17,18)/t9-/m1/s1. The van der Waals surface area contributed by atoms with Crippen LogP contribution in [0.15, 0.2) is 22.9 Å². The molecule has 21 heavy (non-hydrogen) atoms. The van der Waals surface area contributed by atoms with E-state index in [1.54, 1.807) is 16.7 Å². The minimum Gasteiger partial charge on any atom is -0.479 e. The van der Waals surface area contributed by atoms with Crippen molar-refractivity contribution in [3.05, 3.63) is 28.6 Å². The first kappa shape index (κ1) is 14.2. The fraction of sp³-hybridized carbons (Fsp3) is 0.308. The highest BCUT2D eigenvalue weighted by Gasteiger charge is 2.30. The SMILES string of the molecule is O=C(O)[C@H]1CN(C(=O)c2csc(-c3cccs3)n2)CCO1. The van der Waals surface area contributed by atoms with Crippen LogP contribution >= 0.6 is 22.7 Å². The monoisotopic (exact) mass is 324 g/mol. The molecule has 110 valence electrons. The molecule has 1 atom stereocenters. The number of morpholine rings is 1. The summed E-state index contributed by atoms with van der Waals surface area (Å²) in [6.07, 6.45) is -0.960. The number of carbonyl (C=O) groups excluding carboxylic acids is 1. The highest BCUT2D eigenvalue weighted by atomic mass is 32.1. The van der Waals surface area contributed by atoms with E-state index in [0.717, 1.165) is 9.88 Å². The van der Waals surface area contributed by atoms with E-state index in [4.69, 9.17) is 9.84 Å². The molecule has 0 bridgehead atoms. The van der Waals surface area contributed by atoms with Crippen LogP contribution in [0.3, 0.4) is 0 Å². The first-order valence-electron chi connectivity index (χ1n) is 6.28. The second-order valence-electron chi connectivity index (χ2n) is 4.46. The molecule has 0 radical (unpaired) electrons. The average Bonchev–Trinajstić information content (AvgIpc) is 3.17. The first-order valence-corrected chi connectivity index (χ1v) is 8.04. The summed E-state index contributed by atoms with van der Waals surface area (Å²) in [6.45, 7) is 0.666. The van der Waals surface area contributed by atoms with Gasteiger partial charge >= 0.3 is 5.97 Å². The second-order valence-corrected chi connectivity index (χ2v) is 6.27. The lowest BCUT2D eigenvalue weighted by molar-refractivity contribution is -0.154. The molecule has 2 aromatic rings. The molecule has 1 N–H and O–H groups in total. The normalized spacial score (nSPS) is 18.7. The van der Waals surface area contributed by atoms with Gasteiger partial charge in [-0.15, -0.1) is 22.7 Å². The van der Waals surface area contributed by atoms with Crippen molar-refractivity contribution >= 4 is 34.6 Å². The van der Waals surface area contributed by atoms with Crippen molar-refractivity contribution in [3.8, 4) is 9.88 Å². The molecular weight excluding hydrogens is 312 g/mol. The molecule has 1 aliphatic heterocycles. The molecule has 0 aliphatic carbocycles. The van der Waals surface area contributed by atoms with Gasteiger partial charge in [-0.1, -0.05) is 6.07 Å². The summed E-state index contributed by atoms with van der Waals surface area (Å²) in [5, 5.41) is 13.4. The van der Waals surface area contributed by atoms with Gasteiger partial charge in [0, 0.05) is 11.9 Å². The number of rotatable bonds is 3. The summed E-state index contributed by atoms with van der Waals surface area (Å²) in [4.78, 5) is 30.2. The van der Waals surface area contributed by atoms with Gasteiger partial charge < -0.3 is 14.7 Å². The van der Waals surface area contributed by atoms with Crippen LogP contribution in [0.25, 0.3) is 9.88 Å². The van der Waals surface area contributed by atoms with E-state index in [1.165, 1.54) is 16.2 Å². The molecule has 0 saturated carbocycles. The minimum atomic E-state index is -1.05. The quantitative estimate of drug-likeness (QED) is 0.931. The number of aliphatic carboxylic acids is 1. The van der Waals surface area contributed by atoms with Gasteiger partial charge in [-0.3, -0.25) is 4.79 Å². The van der Waals surface area contributed by atoms with E-state index in [-0.39, 0.29) is 19.1 Å². The largest absolute Gasteiger partial charge is 0.479 e. The summed E-state index contributed by atoms with van der Waals surface area (Å²) < 4.78 is 5.11. The summed E-state index contributed by atoms with van der Waals surface area (Å²) in [5.41, 5.74) is 0.356. The number of carboxylic acid groups (broad SMARTS) is 1. The lowest BCUT2D eigenvalue weighted by Gasteiger charge is -2.30. The van der Waals surface area contributed by atoms with Crippen molar-refractivity contribution in [1.29, 1.82) is 0 Å². The molecule has 1 amide bonds. The molecule has 8 heteroatoms. The maximum absolute atomic E-state index is 12.4. The van der Waals surface area contributed by atoms with E-state index in [1.807, 2.05) is 17.5 Å². The lowest BCUT2D eigenvalue weighted by Crippen LogP contribution is -2.48. The van der Waals surface area contributed by atoms with Crippen molar-refractivity contribution in [2.24, 2.45) is 0 Å². The molecule has 0 spiro atoms. The number of hydrogen-bond donors (Lipinski definition) is 1. The van der Waals surface area contributed by atoms with Crippen LogP contribution < -0.4 is 0 Å². The third-order valence-corrected chi connectivity index (χ3v) is 4.97. The van der Waals surface area contributed by atoms with Crippen LogP contribution in [0.5, 0.6) is 0 Å². The number of carboxylic acids is 1. The number of carbonyl (C=O) groups is 2. The Bertz CT molecular complexity index is 653. The predicted octanol–water partition coefficient (Wildman–Crippen LogP) is 1.80. The summed E-state index contributed by atoms with van der Waals surface area (Å²) >= 11 is 2.98. The van der Waals surface area contributed by atoms with Gasteiger partial charge in [0.2, 0.25) is 0 Å². The van der Waals surface area contributed by atoms with E-state index in [0.29, 0.717) is 12.2 Å². The van der Waals surface area contributed by atoms with E-state index in [9.17, 15) is 9.59 Å². The average molecular weight is 324 g/mol. The highest BCUT2D eigenvalue weighted by Crippen LogP contribution is 2.28. The van der Waals surface area contributed by atoms with Crippen LogP contribution in [0.1, 0.15) is 10.5 Å². The minimum absolute atomic E-state index is 0.0556. The molecule has 2 aromatic heterocycles. The Labute approximate surface area is 128 Å². The Morgan fingerprint density at radius 1 is 1.43 bits per heavy atom. The van der Waals surface area contributed by atoms with Crippen LogP contribution in [-0.4, -0.2) is 52.7 Å². The van der Waals surface area contributed by atoms with Gasteiger partial charge in [-0.05, 0) is 11.4 Å². The van der Waals surface area contributed by atoms with Gasteiger partial charge in [-0.25, -0.2) is 9.78 Å². The van der Waals surface area contributed by atoms with Crippen molar-refractivity contribution in [3.63, 3.8) is 0 Å². The number of thiazole rings is 1. The molecular formula is C13H12N2O4S2. The van der Waals surface area contributed by atoms with E-state index >= 15 is 0 Å². The third-order valence-electron chi connectivity index (χ3n) is 3.08. The number of nitrogens with zero attached hydrogens (tertiary/aromatic N) is 2. The van der Waals surface area contributed by atoms with Gasteiger partial charge in [0.25, 0.3) is 5.91 Å². The number of ether oxygens (including phenoxy) is 1. The third kappa shape index (κ3) is 2.97. The van der Waals surface area contributed by atoms with Gasteiger partial charge in [-0.2, -0.15) is 0 Å². The Kier molecular flexibility index (Phi) is 4.00. The van der Waals surface area contributed by atoms with E-state index < -0.39 is 12.1 Å². The van der Waals surface area contributed by atoms with Crippen molar-refractivity contribution in [1.82, 2.24) is 9.88 Å². The van der Waals surface area contributed by atoms with Gasteiger partial charge in [0.1, 0.15) is 10.7 Å². The van der Waals surface area contributed by atoms with Crippen LogP contribution in [-0.2, 0) is 9.53 Å². The fourth-order valence-electron chi connectivity index (χ4n) is 2.03. The Balaban J connectivity index is 1.74. The zero-order chi connectivity index (χ0) is 14.8. The Hall–Kier alpha value is -1.77. The lowest BCUT2D eigenvalue weighted by atomic mass is 10.2. The van der Waals surface area contributed by atoms with Crippen LogP contribution in [0.2, 0.25) is 0 Å². The number of thiophene rings is 1. The maximum Gasteiger partial charge on any atom is 0.334 e. The van der Waals surface area contributed by atoms with Crippen LogP contribution in [0, 0.1) is 0 Å². The molecule has 1 saturated heterocycles. The molecule has 3 rings (SSSR count). The highest BCUT2D eigenvalue weighted by molar-refractivity contribution is 7.20. The first-order chi connectivity index (χ1) is 10.1. The Morgan fingerprint density at radius 2 is 2.29 bits per heavy atom. The zero-order valence-electron chi connectivity index (χ0n) is 10.9. The molecule has 0 aromatic carbocycles. The molecule has 3 heterocycles. The summed E-state index contributed by atoms with van der Waals surface area (Å²) in [7, 11) is 0. The van der Waals surface area contributed by atoms with Crippen molar-refractivity contribution < 1.29 is 19.4 Å². The van der Waals surface area contributed by atoms with Gasteiger partial charge in [0.05, 0.1) is 18.0 Å². The smallest absolute Gasteiger partial charge is 0.334 e. The molecule has 6 nitrogen and oxygen atoms in total. The Morgan fingerprint density at radius 3 is 3.00 bits per heavy atom. The number of amides is 1. The van der Waals surface area contributed by atoms with E-state index in [2.05, 4.69) is 4.98 Å². The van der Waals surface area contributed by atoms with Crippen molar-refractivity contribution in [2.45, 2.75) is 6.10 Å². The molecule has 1 fully saturated rings. The second kappa shape index (κ2) is 5.92. The van der Waals surface area contributed by atoms with Crippen LogP contribution in [0.4, 0.5) is 0 Å². The zero-order valence-corrected chi connectivity index (χ0v) is 12.5. The maximum atomic E-state index is 12.4. The number of aromatic nitrogens is 1. The predicted molar refractivity (Wildman–Crippen MR) is 78.7 cm³/mol. The summed E-state index contributed by atoms with van der Waals surface area (Å²) in [5.74, 6) is -1.30. The fourth-order valence-corrected chi connectivity index (χ4v) is 3.64. The topological polar surface area (TPSA) is 79.7 Å². The summed E-state index contributed by atoms with van der Waals surface area (Å²) in [6, 6.07) is 3.88. The number of hydrogen-bond acceptors (Lipinski definition) is 6. The molecule has 1 aliphatic rings. The molecule has 0 unspecified atom stereocenters. The van der Waals surface area contributed by atoms with Gasteiger partial charge in [0.15, 0.2) is 6.10 Å². The van der Waals surface area contributed by atoms with Crippen molar-refractivity contribution in [2.75, 3.05) is 19.7 Å².